The second-order valence-corrected chi connectivity index (χ2v) is 2.30. The fourth-order valence-electron chi connectivity index (χ4n) is 0. The fraction of sp³-hybridized carbons (Fsp3) is 0. The van der Waals surface area contributed by atoms with Crippen LogP contribution in [0.25, 0.3) is 0 Å². The van der Waals surface area contributed by atoms with Crippen LogP contribution in [0.5, 0.6) is 0 Å². The molecule has 0 saturated heterocycles. The molecule has 0 aliphatic rings. The number of hydrogen-bond donors (Lipinski definition) is 0. The summed E-state index contributed by atoms with van der Waals surface area (Å²) in [4.78, 5) is 0. The highest BCUT2D eigenvalue weighted by molar-refractivity contribution is 6.55. The molecule has 6 heteroatoms. The molecule has 0 aromatic carbocycles. The van der Waals surface area contributed by atoms with Gasteiger partial charge in [0.05, 0.1) is 4.49 Å². The Morgan fingerprint density at radius 1 is 1.00 bits per heavy atom. The molecule has 0 atom stereocenters. The third-order valence-corrected chi connectivity index (χ3v) is 0.286. The second kappa shape index (κ2) is 7.25. The Morgan fingerprint density at radius 3 is 1.10 bits per heavy atom. The van der Waals surface area contributed by atoms with Crippen molar-refractivity contribution in [3.8, 4) is 0 Å². The molecule has 0 unspecified atom stereocenters. The molecule has 0 saturated carbocycles. The van der Waals surface area contributed by atoms with E-state index in [2.05, 4.69) is 18.2 Å². The molecule has 10 heavy (non-hydrogen) atoms. The maximum atomic E-state index is 10.7. The first kappa shape index (κ1) is 12.8. The van der Waals surface area contributed by atoms with Crippen LogP contribution in [0.2, 0.25) is 0 Å². The van der Waals surface area contributed by atoms with Crippen molar-refractivity contribution in [2.75, 3.05) is 0 Å². The van der Waals surface area contributed by atoms with Gasteiger partial charge < -0.3 is 0 Å². The van der Waals surface area contributed by atoms with Gasteiger partial charge in [-0.05, 0) is 11.6 Å². The molecule has 60 valence electrons. The van der Waals surface area contributed by atoms with Gasteiger partial charge in [0.1, 0.15) is 0 Å². The first-order chi connectivity index (χ1) is 4.37. The average Bonchev–Trinajstić information content (AvgIpc) is 1.63. The zero-order chi connectivity index (χ0) is 8.73. The Morgan fingerprint density at radius 2 is 1.10 bits per heavy atom. The Labute approximate surface area is 70.9 Å². The van der Waals surface area contributed by atoms with Gasteiger partial charge in [0, 0.05) is 0 Å². The third kappa shape index (κ3) is 24.2. The van der Waals surface area contributed by atoms with Crippen molar-refractivity contribution in [2.24, 2.45) is 0 Å². The summed E-state index contributed by atoms with van der Waals surface area (Å²) in [7, 11) is 0. The van der Waals surface area contributed by atoms with Gasteiger partial charge in [0.25, 0.3) is 5.29 Å². The summed E-state index contributed by atoms with van der Waals surface area (Å²) in [5.41, 5.74) is 0. The van der Waals surface area contributed by atoms with Crippen LogP contribution in [0, 0.1) is 0 Å². The van der Waals surface area contributed by atoms with Crippen LogP contribution in [0.15, 0.2) is 22.4 Å². The lowest BCUT2D eigenvalue weighted by Crippen LogP contribution is -1.54. The van der Waals surface area contributed by atoms with Crippen LogP contribution in [-0.4, -0.2) is 0 Å². The summed E-state index contributed by atoms with van der Waals surface area (Å²) in [6.07, 6.45) is -2.48. The molecule has 0 aliphatic carbocycles. The molecule has 0 aromatic heterocycles. The van der Waals surface area contributed by atoms with E-state index in [1.54, 1.807) is 0 Å². The van der Waals surface area contributed by atoms with Crippen molar-refractivity contribution in [1.29, 1.82) is 0 Å². The van der Waals surface area contributed by atoms with Gasteiger partial charge in [-0.1, -0.05) is 29.8 Å². The number of halogens is 6. The van der Waals surface area contributed by atoms with Crippen LogP contribution in [0.3, 0.4) is 0 Å². The fourth-order valence-corrected chi connectivity index (χ4v) is 0. The molecular formula is C4H2Cl3F3. The predicted octanol–water partition coefficient (Wildman–Crippen LogP) is 4.20. The van der Waals surface area contributed by atoms with Crippen molar-refractivity contribution < 1.29 is 13.2 Å². The van der Waals surface area contributed by atoms with Crippen molar-refractivity contribution >= 4 is 34.8 Å². The number of rotatable bonds is 0. The minimum Gasteiger partial charge on any atom is -0.188 e. The summed E-state index contributed by atoms with van der Waals surface area (Å²) in [6, 6.07) is 0. The van der Waals surface area contributed by atoms with Gasteiger partial charge in [-0.15, -0.1) is 0 Å². The first-order valence-electron chi connectivity index (χ1n) is 1.74. The lowest BCUT2D eigenvalue weighted by atomic mass is 11.1. The maximum absolute atomic E-state index is 10.7. The van der Waals surface area contributed by atoms with Crippen LogP contribution >= 0.6 is 34.8 Å². The van der Waals surface area contributed by atoms with E-state index in [1.807, 2.05) is 0 Å². The summed E-state index contributed by atoms with van der Waals surface area (Å²) >= 11 is 13.8. The SMILES string of the molecule is C=C(Cl)Cl.FC(F)=C(F)Cl. The molecule has 0 fully saturated rings. The summed E-state index contributed by atoms with van der Waals surface area (Å²) in [6.45, 7) is 3.09. The minimum atomic E-state index is -2.48. The quantitative estimate of drug-likeness (QED) is 0.566. The summed E-state index contributed by atoms with van der Waals surface area (Å²) < 4.78 is 31.9. The molecule has 0 nitrogen and oxygen atoms in total. The highest BCUT2D eigenvalue weighted by Crippen LogP contribution is 2.11. The van der Waals surface area contributed by atoms with Gasteiger partial charge >= 0.3 is 6.08 Å². The molecule has 0 rings (SSSR count). The molecule has 0 bridgehead atoms. The van der Waals surface area contributed by atoms with E-state index in [9.17, 15) is 13.2 Å². The van der Waals surface area contributed by atoms with E-state index in [4.69, 9.17) is 23.2 Å². The minimum absolute atomic E-state index is 0.111. The van der Waals surface area contributed by atoms with Gasteiger partial charge in [-0.25, -0.2) is 0 Å². The molecule has 0 aromatic rings. The molecule has 0 spiro atoms. The molecule has 0 amide bonds. The van der Waals surface area contributed by atoms with Crippen LogP contribution in [-0.2, 0) is 0 Å². The normalized spacial score (nSPS) is 7.40. The monoisotopic (exact) mass is 212 g/mol. The summed E-state index contributed by atoms with van der Waals surface area (Å²) in [5, 5.41) is -1.94. The van der Waals surface area contributed by atoms with E-state index in [0.29, 0.717) is 0 Å². The molecular weight excluding hydrogens is 211 g/mol. The molecule has 0 heterocycles. The van der Waals surface area contributed by atoms with Crippen LogP contribution in [0.1, 0.15) is 0 Å². The Kier molecular flexibility index (Phi) is 9.27. The topological polar surface area (TPSA) is 0 Å². The van der Waals surface area contributed by atoms with Crippen molar-refractivity contribution in [3.63, 3.8) is 0 Å². The van der Waals surface area contributed by atoms with Gasteiger partial charge in [0.2, 0.25) is 0 Å². The number of hydrogen-bond acceptors (Lipinski definition) is 0. The lowest BCUT2D eigenvalue weighted by Gasteiger charge is -1.70. The largest absolute Gasteiger partial charge is 0.317 e. The van der Waals surface area contributed by atoms with Crippen LogP contribution in [0.4, 0.5) is 13.2 Å². The molecule has 0 aliphatic heterocycles. The third-order valence-electron chi connectivity index (χ3n) is 0.143. The van der Waals surface area contributed by atoms with Crippen LogP contribution < -0.4 is 0 Å². The van der Waals surface area contributed by atoms with Gasteiger partial charge in [-0.3, -0.25) is 0 Å². The van der Waals surface area contributed by atoms with Crippen molar-refractivity contribution in [3.05, 3.63) is 22.4 Å². The van der Waals surface area contributed by atoms with E-state index in [1.165, 1.54) is 0 Å². The van der Waals surface area contributed by atoms with E-state index in [0.717, 1.165) is 0 Å². The van der Waals surface area contributed by atoms with Crippen molar-refractivity contribution in [2.45, 2.75) is 0 Å². The molecule has 0 N–H and O–H groups in total. The first-order valence-corrected chi connectivity index (χ1v) is 2.87. The average molecular weight is 213 g/mol. The smallest absolute Gasteiger partial charge is 0.188 e. The standard InChI is InChI=1S/C2H2Cl2.C2ClF3/c1-2(3)4;3-1(4)2(5)6/h1H2;. The van der Waals surface area contributed by atoms with Crippen molar-refractivity contribution in [1.82, 2.24) is 0 Å². The Hall–Kier alpha value is 0.140. The molecule has 0 radical (unpaired) electrons. The Balaban J connectivity index is 0. The maximum Gasteiger partial charge on any atom is 0.317 e. The highest BCUT2D eigenvalue weighted by Gasteiger charge is 1.95. The van der Waals surface area contributed by atoms with E-state index in [-0.39, 0.29) is 4.49 Å². The van der Waals surface area contributed by atoms with Gasteiger partial charge in [0.15, 0.2) is 0 Å². The Bertz CT molecular complexity index is 121. The lowest BCUT2D eigenvalue weighted by molar-refractivity contribution is 0.393. The zero-order valence-electron chi connectivity index (χ0n) is 4.47. The van der Waals surface area contributed by atoms with E-state index >= 15 is 0 Å². The summed E-state index contributed by atoms with van der Waals surface area (Å²) in [5.74, 6) is 0. The van der Waals surface area contributed by atoms with Gasteiger partial charge in [-0.2, -0.15) is 13.2 Å². The predicted molar refractivity (Wildman–Crippen MR) is 37.0 cm³/mol. The second-order valence-electron chi connectivity index (χ2n) is 0.860. The zero-order valence-corrected chi connectivity index (χ0v) is 6.74. The highest BCUT2D eigenvalue weighted by atomic mass is 35.5. The van der Waals surface area contributed by atoms with E-state index < -0.39 is 11.4 Å².